The highest BCUT2D eigenvalue weighted by Crippen LogP contribution is 2.44. The van der Waals surface area contributed by atoms with Gasteiger partial charge < -0.3 is 24.8 Å². The Morgan fingerprint density at radius 1 is 0.951 bits per heavy atom. The number of ether oxygens (including phenoxy) is 2. The van der Waals surface area contributed by atoms with E-state index in [9.17, 15) is 19.5 Å². The lowest BCUT2D eigenvalue weighted by atomic mass is 9.91. The summed E-state index contributed by atoms with van der Waals surface area (Å²) in [6.07, 6.45) is -0.638. The van der Waals surface area contributed by atoms with Crippen molar-refractivity contribution in [2.24, 2.45) is 5.92 Å². The molecule has 8 nitrogen and oxygen atoms in total. The van der Waals surface area contributed by atoms with E-state index in [1.807, 2.05) is 61.5 Å². The van der Waals surface area contributed by atoms with Crippen LogP contribution >= 0.6 is 0 Å². The van der Waals surface area contributed by atoms with Gasteiger partial charge in [-0.2, -0.15) is 0 Å². The van der Waals surface area contributed by atoms with E-state index >= 15 is 0 Å². The molecule has 0 unspecified atom stereocenters. The molecule has 4 atom stereocenters. The summed E-state index contributed by atoms with van der Waals surface area (Å²) in [7, 11) is 0. The van der Waals surface area contributed by atoms with Gasteiger partial charge in [0.2, 0.25) is 5.91 Å². The Hall–Kier alpha value is -4.17. The fourth-order valence-electron chi connectivity index (χ4n) is 5.95. The number of hydrogen-bond donors (Lipinski definition) is 2. The quantitative estimate of drug-likeness (QED) is 0.375. The van der Waals surface area contributed by atoms with Crippen molar-refractivity contribution in [1.82, 2.24) is 10.2 Å². The average molecular weight is 557 g/mol. The third-order valence-electron chi connectivity index (χ3n) is 8.22. The molecule has 8 heteroatoms. The third kappa shape index (κ3) is 6.28. The van der Waals surface area contributed by atoms with Crippen LogP contribution in [0.4, 0.5) is 4.79 Å². The van der Waals surface area contributed by atoms with Crippen LogP contribution in [-0.2, 0) is 25.7 Å². The number of fused-ring (bicyclic) bond motifs is 3. The van der Waals surface area contributed by atoms with E-state index in [1.165, 1.54) is 0 Å². The molecule has 3 aromatic carbocycles. The van der Waals surface area contributed by atoms with Crippen LogP contribution in [0.5, 0.6) is 0 Å². The molecular weight excluding hydrogens is 520 g/mol. The standard InChI is InChI=1S/C33H36N2O6/c1-21-18-24(32(37)38)16-17-35(21)31(36)30(22(2)40-19-23-10-4-3-5-11-23)34-33(39)41-20-29-27-14-8-6-12-25(27)26-13-7-9-15-28(26)29/h3-15,21-22,24,29-30H,16-20H2,1-2H3,(H,34,39)(H,37,38)/t21-,22+,24-,30-/m1/s1. The highest BCUT2D eigenvalue weighted by Gasteiger charge is 2.38. The van der Waals surface area contributed by atoms with Crippen molar-refractivity contribution in [3.05, 3.63) is 95.6 Å². The Morgan fingerprint density at radius 3 is 2.17 bits per heavy atom. The van der Waals surface area contributed by atoms with Crippen molar-refractivity contribution in [2.45, 2.75) is 57.4 Å². The van der Waals surface area contributed by atoms with Gasteiger partial charge >= 0.3 is 12.1 Å². The molecule has 0 aromatic heterocycles. The maximum atomic E-state index is 13.8. The molecule has 1 saturated heterocycles. The number of carbonyl (C=O) groups excluding carboxylic acids is 2. The first-order chi connectivity index (χ1) is 19.8. The van der Waals surface area contributed by atoms with Crippen LogP contribution in [0.2, 0.25) is 0 Å². The Labute approximate surface area is 240 Å². The lowest BCUT2D eigenvalue weighted by Gasteiger charge is -2.39. The number of carboxylic acid groups (broad SMARTS) is 1. The van der Waals surface area contributed by atoms with Gasteiger partial charge in [-0.1, -0.05) is 78.9 Å². The molecule has 2 amide bonds. The number of rotatable bonds is 9. The molecule has 2 N–H and O–H groups in total. The number of piperidine rings is 1. The first kappa shape index (κ1) is 28.4. The van der Waals surface area contributed by atoms with E-state index in [4.69, 9.17) is 9.47 Å². The molecule has 1 fully saturated rings. The zero-order valence-electron chi connectivity index (χ0n) is 23.4. The minimum Gasteiger partial charge on any atom is -0.481 e. The second-order valence-electron chi connectivity index (χ2n) is 10.9. The van der Waals surface area contributed by atoms with E-state index in [1.54, 1.807) is 11.8 Å². The van der Waals surface area contributed by atoms with E-state index in [0.29, 0.717) is 19.4 Å². The van der Waals surface area contributed by atoms with E-state index in [2.05, 4.69) is 29.6 Å². The Bertz CT molecular complexity index is 1350. The number of likely N-dealkylation sites (tertiary alicyclic amines) is 1. The van der Waals surface area contributed by atoms with Crippen LogP contribution in [0.1, 0.15) is 49.3 Å². The monoisotopic (exact) mass is 556 g/mol. The average Bonchev–Trinajstić information content (AvgIpc) is 3.31. The van der Waals surface area contributed by atoms with Crippen LogP contribution < -0.4 is 5.32 Å². The molecule has 41 heavy (non-hydrogen) atoms. The van der Waals surface area contributed by atoms with Gasteiger partial charge in [0.15, 0.2) is 0 Å². The van der Waals surface area contributed by atoms with Gasteiger partial charge in [0.25, 0.3) is 0 Å². The first-order valence-corrected chi connectivity index (χ1v) is 14.1. The number of hydrogen-bond acceptors (Lipinski definition) is 5. The molecular formula is C33H36N2O6. The number of carboxylic acids is 1. The van der Waals surface area contributed by atoms with Crippen molar-refractivity contribution in [3.63, 3.8) is 0 Å². The molecule has 5 rings (SSSR count). The number of benzene rings is 3. The summed E-state index contributed by atoms with van der Waals surface area (Å²) in [4.78, 5) is 40.1. The van der Waals surface area contributed by atoms with Crippen LogP contribution in [0, 0.1) is 5.92 Å². The number of nitrogens with one attached hydrogen (secondary N) is 1. The number of alkyl carbamates (subject to hydrolysis) is 1. The number of amides is 2. The maximum Gasteiger partial charge on any atom is 0.407 e. The van der Waals surface area contributed by atoms with Crippen LogP contribution in [0.3, 0.4) is 0 Å². The molecule has 0 spiro atoms. The normalized spacial score (nSPS) is 19.5. The fraction of sp³-hybridized carbons (Fsp3) is 0.364. The summed E-state index contributed by atoms with van der Waals surface area (Å²) < 4.78 is 11.8. The summed E-state index contributed by atoms with van der Waals surface area (Å²) in [5.74, 6) is -1.76. The molecule has 214 valence electrons. The first-order valence-electron chi connectivity index (χ1n) is 14.1. The Morgan fingerprint density at radius 2 is 1.56 bits per heavy atom. The zero-order valence-corrected chi connectivity index (χ0v) is 23.4. The minimum atomic E-state index is -1.00. The number of aliphatic carboxylic acids is 1. The van der Waals surface area contributed by atoms with Gasteiger partial charge in [-0.25, -0.2) is 4.79 Å². The topological polar surface area (TPSA) is 105 Å². The molecule has 2 aliphatic rings. The molecule has 1 aliphatic carbocycles. The van der Waals surface area contributed by atoms with Crippen molar-refractivity contribution < 1.29 is 29.0 Å². The minimum absolute atomic E-state index is 0.107. The van der Waals surface area contributed by atoms with Gasteiger partial charge in [-0.3, -0.25) is 9.59 Å². The lowest BCUT2D eigenvalue weighted by Crippen LogP contribution is -2.58. The van der Waals surface area contributed by atoms with Crippen molar-refractivity contribution >= 4 is 18.0 Å². The lowest BCUT2D eigenvalue weighted by molar-refractivity contribution is -0.149. The van der Waals surface area contributed by atoms with E-state index in [-0.39, 0.29) is 31.1 Å². The predicted octanol–water partition coefficient (Wildman–Crippen LogP) is 5.21. The molecule has 1 heterocycles. The van der Waals surface area contributed by atoms with Gasteiger partial charge in [0, 0.05) is 18.5 Å². The van der Waals surface area contributed by atoms with Crippen LogP contribution in [0.15, 0.2) is 78.9 Å². The Balaban J connectivity index is 1.29. The van der Waals surface area contributed by atoms with Crippen molar-refractivity contribution in [3.8, 4) is 11.1 Å². The van der Waals surface area contributed by atoms with E-state index < -0.39 is 30.1 Å². The second-order valence-corrected chi connectivity index (χ2v) is 10.9. The highest BCUT2D eigenvalue weighted by atomic mass is 16.5. The number of carbonyl (C=O) groups is 3. The number of nitrogens with zero attached hydrogens (tertiary/aromatic N) is 1. The third-order valence-corrected chi connectivity index (χ3v) is 8.22. The van der Waals surface area contributed by atoms with Crippen LogP contribution in [0.25, 0.3) is 11.1 Å². The van der Waals surface area contributed by atoms with E-state index in [0.717, 1.165) is 27.8 Å². The summed E-state index contributed by atoms with van der Waals surface area (Å²) in [5, 5.41) is 12.2. The molecule has 0 radical (unpaired) electrons. The summed E-state index contributed by atoms with van der Waals surface area (Å²) in [6.45, 7) is 4.29. The molecule has 0 bridgehead atoms. The van der Waals surface area contributed by atoms with Gasteiger partial charge in [-0.05, 0) is 54.5 Å². The predicted molar refractivity (Wildman–Crippen MR) is 154 cm³/mol. The van der Waals surface area contributed by atoms with Crippen LogP contribution in [-0.4, -0.2) is 59.3 Å². The van der Waals surface area contributed by atoms with Crippen molar-refractivity contribution in [1.29, 1.82) is 0 Å². The van der Waals surface area contributed by atoms with Gasteiger partial charge in [-0.15, -0.1) is 0 Å². The Kier molecular flexibility index (Phi) is 8.69. The fourth-order valence-corrected chi connectivity index (χ4v) is 5.95. The van der Waals surface area contributed by atoms with Crippen molar-refractivity contribution in [2.75, 3.05) is 13.2 Å². The zero-order chi connectivity index (χ0) is 28.9. The van der Waals surface area contributed by atoms with Gasteiger partial charge in [0.05, 0.1) is 18.6 Å². The highest BCUT2D eigenvalue weighted by molar-refractivity contribution is 5.87. The molecule has 1 aliphatic heterocycles. The molecule has 0 saturated carbocycles. The summed E-state index contributed by atoms with van der Waals surface area (Å²) in [6, 6.07) is 24.5. The SMILES string of the molecule is C[C@H](OCc1ccccc1)[C@@H](NC(=O)OCC1c2ccccc2-c2ccccc21)C(=O)N1CC[C@@H](C(=O)O)C[C@H]1C. The smallest absolute Gasteiger partial charge is 0.407 e. The second kappa shape index (κ2) is 12.6. The van der Waals surface area contributed by atoms with Gasteiger partial charge in [0.1, 0.15) is 12.6 Å². The largest absolute Gasteiger partial charge is 0.481 e. The summed E-state index contributed by atoms with van der Waals surface area (Å²) in [5.41, 5.74) is 5.41. The molecule has 3 aromatic rings. The maximum absolute atomic E-state index is 13.8. The summed E-state index contributed by atoms with van der Waals surface area (Å²) >= 11 is 0.